The Hall–Kier alpha value is -1.48. The highest BCUT2D eigenvalue weighted by Crippen LogP contribution is 2.19. The molecule has 0 spiro atoms. The third kappa shape index (κ3) is 3.76. The summed E-state index contributed by atoms with van der Waals surface area (Å²) in [5.74, 6) is 0.448. The van der Waals surface area contributed by atoms with E-state index in [0.29, 0.717) is 31.8 Å². The van der Waals surface area contributed by atoms with E-state index in [9.17, 15) is 13.2 Å². The van der Waals surface area contributed by atoms with Crippen LogP contribution in [0.25, 0.3) is 0 Å². The standard InChI is InChI=1S/C11H19N5O3S/c1-20(18,19)16-7-3-2-4-9(16)11(17)12-6-5-10-13-8-14-15-10/h8-9H,2-7H2,1H3,(H,12,17)(H,13,14,15). The predicted molar refractivity (Wildman–Crippen MR) is 72.3 cm³/mol. The number of carbonyl (C=O) groups is 1. The molecule has 2 heterocycles. The number of hydrogen-bond donors (Lipinski definition) is 2. The van der Waals surface area contributed by atoms with Gasteiger partial charge in [0.2, 0.25) is 15.9 Å². The summed E-state index contributed by atoms with van der Waals surface area (Å²) in [4.78, 5) is 16.1. The molecule has 1 atom stereocenters. The molecule has 1 unspecified atom stereocenters. The fraction of sp³-hybridized carbons (Fsp3) is 0.727. The van der Waals surface area contributed by atoms with Crippen molar-refractivity contribution < 1.29 is 13.2 Å². The maximum Gasteiger partial charge on any atom is 0.238 e. The lowest BCUT2D eigenvalue weighted by Gasteiger charge is -2.32. The first kappa shape index (κ1) is 14.9. The maximum absolute atomic E-state index is 12.1. The smallest absolute Gasteiger partial charge is 0.238 e. The lowest BCUT2D eigenvalue weighted by atomic mass is 10.0. The summed E-state index contributed by atoms with van der Waals surface area (Å²) in [7, 11) is -3.34. The molecule has 2 rings (SSSR count). The third-order valence-corrected chi connectivity index (χ3v) is 4.60. The number of nitrogens with zero attached hydrogens (tertiary/aromatic N) is 3. The Balaban J connectivity index is 1.89. The zero-order chi connectivity index (χ0) is 14.6. The average Bonchev–Trinajstić information content (AvgIpc) is 2.91. The van der Waals surface area contributed by atoms with Crippen molar-refractivity contribution in [1.82, 2.24) is 24.8 Å². The minimum atomic E-state index is -3.34. The Labute approximate surface area is 118 Å². The van der Waals surface area contributed by atoms with E-state index >= 15 is 0 Å². The number of rotatable bonds is 5. The van der Waals surface area contributed by atoms with Crippen LogP contribution in [0.2, 0.25) is 0 Å². The lowest BCUT2D eigenvalue weighted by molar-refractivity contribution is -0.125. The van der Waals surface area contributed by atoms with Crippen molar-refractivity contribution in [3.63, 3.8) is 0 Å². The van der Waals surface area contributed by atoms with E-state index in [2.05, 4.69) is 20.5 Å². The normalized spacial score (nSPS) is 20.8. The third-order valence-electron chi connectivity index (χ3n) is 3.31. The van der Waals surface area contributed by atoms with Crippen LogP contribution in [0.3, 0.4) is 0 Å². The van der Waals surface area contributed by atoms with E-state index in [4.69, 9.17) is 0 Å². The van der Waals surface area contributed by atoms with Crippen LogP contribution in [0.1, 0.15) is 25.1 Å². The monoisotopic (exact) mass is 301 g/mol. The summed E-state index contributed by atoms with van der Waals surface area (Å²) in [5.41, 5.74) is 0. The van der Waals surface area contributed by atoms with Crippen LogP contribution in [-0.2, 0) is 21.2 Å². The summed E-state index contributed by atoms with van der Waals surface area (Å²) >= 11 is 0. The second kappa shape index (κ2) is 6.31. The first-order valence-corrected chi connectivity index (χ1v) is 8.42. The van der Waals surface area contributed by atoms with E-state index in [1.165, 1.54) is 10.6 Å². The molecule has 0 bridgehead atoms. The number of piperidine rings is 1. The average molecular weight is 301 g/mol. The molecule has 1 saturated heterocycles. The van der Waals surface area contributed by atoms with Gasteiger partial charge in [-0.05, 0) is 12.8 Å². The number of nitrogens with one attached hydrogen (secondary N) is 2. The number of aromatic nitrogens is 3. The van der Waals surface area contributed by atoms with Crippen LogP contribution in [0.5, 0.6) is 0 Å². The van der Waals surface area contributed by atoms with Gasteiger partial charge in [-0.1, -0.05) is 6.42 Å². The van der Waals surface area contributed by atoms with Gasteiger partial charge in [0.15, 0.2) is 0 Å². The molecular weight excluding hydrogens is 282 g/mol. The molecule has 0 radical (unpaired) electrons. The van der Waals surface area contributed by atoms with Crippen molar-refractivity contribution >= 4 is 15.9 Å². The Bertz CT molecular complexity index is 542. The van der Waals surface area contributed by atoms with Gasteiger partial charge in [-0.3, -0.25) is 9.89 Å². The molecule has 1 aliphatic rings. The highest BCUT2D eigenvalue weighted by Gasteiger charge is 2.34. The SMILES string of the molecule is CS(=O)(=O)N1CCCCC1C(=O)NCCc1ncn[nH]1. The van der Waals surface area contributed by atoms with E-state index in [0.717, 1.165) is 19.1 Å². The van der Waals surface area contributed by atoms with Crippen molar-refractivity contribution in [3.05, 3.63) is 12.2 Å². The van der Waals surface area contributed by atoms with Crippen molar-refractivity contribution in [2.45, 2.75) is 31.7 Å². The van der Waals surface area contributed by atoms with E-state index < -0.39 is 16.1 Å². The Morgan fingerprint density at radius 3 is 3.00 bits per heavy atom. The number of aromatic amines is 1. The van der Waals surface area contributed by atoms with Crippen LogP contribution in [0, 0.1) is 0 Å². The Morgan fingerprint density at radius 2 is 2.35 bits per heavy atom. The topological polar surface area (TPSA) is 108 Å². The molecule has 2 N–H and O–H groups in total. The summed E-state index contributed by atoms with van der Waals surface area (Å²) in [6.07, 6.45) is 5.33. The molecule has 20 heavy (non-hydrogen) atoms. The van der Waals surface area contributed by atoms with Gasteiger partial charge < -0.3 is 5.32 Å². The van der Waals surface area contributed by atoms with Gasteiger partial charge in [-0.25, -0.2) is 13.4 Å². The van der Waals surface area contributed by atoms with Crippen molar-refractivity contribution in [2.75, 3.05) is 19.3 Å². The number of sulfonamides is 1. The number of amides is 1. The minimum absolute atomic E-state index is 0.241. The Kier molecular flexibility index (Phi) is 4.71. The fourth-order valence-corrected chi connectivity index (χ4v) is 3.46. The van der Waals surface area contributed by atoms with Crippen LogP contribution < -0.4 is 5.32 Å². The van der Waals surface area contributed by atoms with Crippen LogP contribution in [-0.4, -0.2) is 59.2 Å². The highest BCUT2D eigenvalue weighted by molar-refractivity contribution is 7.88. The second-order valence-corrected chi connectivity index (χ2v) is 6.79. The second-order valence-electron chi connectivity index (χ2n) is 4.86. The zero-order valence-corrected chi connectivity index (χ0v) is 12.2. The van der Waals surface area contributed by atoms with Crippen molar-refractivity contribution in [2.24, 2.45) is 0 Å². The highest BCUT2D eigenvalue weighted by atomic mass is 32.2. The van der Waals surface area contributed by atoms with Crippen LogP contribution >= 0.6 is 0 Å². The molecule has 1 aromatic rings. The first-order valence-electron chi connectivity index (χ1n) is 6.57. The largest absolute Gasteiger partial charge is 0.354 e. The molecule has 9 heteroatoms. The predicted octanol–water partition coefficient (Wildman–Crippen LogP) is -0.722. The lowest BCUT2D eigenvalue weighted by Crippen LogP contribution is -2.51. The van der Waals surface area contributed by atoms with Crippen LogP contribution in [0.15, 0.2) is 6.33 Å². The molecule has 8 nitrogen and oxygen atoms in total. The molecule has 1 aliphatic heterocycles. The van der Waals surface area contributed by atoms with Crippen molar-refractivity contribution in [1.29, 1.82) is 0 Å². The molecular formula is C11H19N5O3S. The summed E-state index contributed by atoms with van der Waals surface area (Å²) in [6, 6.07) is -0.589. The number of H-pyrrole nitrogens is 1. The van der Waals surface area contributed by atoms with Gasteiger partial charge in [0, 0.05) is 19.5 Å². The molecule has 0 saturated carbocycles. The molecule has 0 aromatic carbocycles. The summed E-state index contributed by atoms with van der Waals surface area (Å²) < 4.78 is 24.7. The zero-order valence-electron chi connectivity index (χ0n) is 11.4. The van der Waals surface area contributed by atoms with E-state index in [1.807, 2.05) is 0 Å². The molecule has 1 amide bonds. The van der Waals surface area contributed by atoms with Crippen LogP contribution in [0.4, 0.5) is 0 Å². The quantitative estimate of drug-likeness (QED) is 0.746. The maximum atomic E-state index is 12.1. The molecule has 112 valence electrons. The van der Waals surface area contributed by atoms with Gasteiger partial charge in [-0.2, -0.15) is 9.40 Å². The van der Waals surface area contributed by atoms with Gasteiger partial charge in [0.25, 0.3) is 0 Å². The minimum Gasteiger partial charge on any atom is -0.354 e. The number of carbonyl (C=O) groups excluding carboxylic acids is 1. The molecule has 0 aliphatic carbocycles. The van der Waals surface area contributed by atoms with Gasteiger partial charge in [0.1, 0.15) is 18.2 Å². The summed E-state index contributed by atoms with van der Waals surface area (Å²) in [5, 5.41) is 9.18. The summed E-state index contributed by atoms with van der Waals surface area (Å²) in [6.45, 7) is 0.821. The molecule has 1 fully saturated rings. The van der Waals surface area contributed by atoms with Gasteiger partial charge in [-0.15, -0.1) is 0 Å². The molecule has 1 aromatic heterocycles. The number of hydrogen-bond acceptors (Lipinski definition) is 5. The van der Waals surface area contributed by atoms with E-state index in [-0.39, 0.29) is 5.91 Å². The van der Waals surface area contributed by atoms with Crippen molar-refractivity contribution in [3.8, 4) is 0 Å². The van der Waals surface area contributed by atoms with Gasteiger partial charge >= 0.3 is 0 Å². The first-order chi connectivity index (χ1) is 9.48. The fourth-order valence-electron chi connectivity index (χ4n) is 2.34. The Morgan fingerprint density at radius 1 is 1.55 bits per heavy atom. The van der Waals surface area contributed by atoms with Gasteiger partial charge in [0.05, 0.1) is 6.26 Å². The van der Waals surface area contributed by atoms with E-state index in [1.54, 1.807) is 0 Å².